The molecule has 2 aliphatic carbocycles. The summed E-state index contributed by atoms with van der Waals surface area (Å²) in [7, 11) is 0.936. The molecular formula is C43H49ClN6O7S. The number of nitrogens with one attached hydrogen (secondary N) is 1. The number of aromatic nitrogens is 3. The Balaban J connectivity index is 1.23. The summed E-state index contributed by atoms with van der Waals surface area (Å²) in [4.78, 5) is 34.9. The van der Waals surface area contributed by atoms with E-state index in [1.807, 2.05) is 31.2 Å². The third-order valence-electron chi connectivity index (χ3n) is 12.1. The molecule has 2 aromatic heterocycles. The summed E-state index contributed by atoms with van der Waals surface area (Å²) in [5, 5.41) is 4.90. The first-order valence-corrected chi connectivity index (χ1v) is 21.8. The number of ether oxygens (including phenoxy) is 4. The highest BCUT2D eigenvalue weighted by atomic mass is 35.5. The van der Waals surface area contributed by atoms with E-state index in [0.29, 0.717) is 31.3 Å². The van der Waals surface area contributed by atoms with Crippen molar-refractivity contribution in [2.45, 2.75) is 56.7 Å². The summed E-state index contributed by atoms with van der Waals surface area (Å²) >= 11 is 6.49. The van der Waals surface area contributed by atoms with Crippen molar-refractivity contribution in [1.82, 2.24) is 19.5 Å². The molecule has 2 aliphatic heterocycles. The fourth-order valence-electron chi connectivity index (χ4n) is 9.01. The number of amides is 2. The zero-order valence-electron chi connectivity index (χ0n) is 33.1. The molecule has 1 fully saturated rings. The van der Waals surface area contributed by atoms with Gasteiger partial charge in [0.05, 0.1) is 31.3 Å². The molecule has 4 aromatic rings. The normalized spacial score (nSPS) is 28.7. The van der Waals surface area contributed by atoms with Gasteiger partial charge in [-0.25, -0.2) is 9.19 Å². The van der Waals surface area contributed by atoms with E-state index in [1.54, 1.807) is 50.7 Å². The summed E-state index contributed by atoms with van der Waals surface area (Å²) in [6, 6.07) is 16.8. The lowest BCUT2D eigenvalue weighted by atomic mass is 9.68. The molecule has 4 aliphatic rings. The zero-order chi connectivity index (χ0) is 40.6. The van der Waals surface area contributed by atoms with Crippen LogP contribution in [0.1, 0.15) is 64.4 Å². The number of halogens is 1. The number of hydrogen-bond donors (Lipinski definition) is 1. The number of fused-ring (bicyclic) bond motifs is 4. The van der Waals surface area contributed by atoms with Crippen LogP contribution in [0, 0.1) is 17.8 Å². The molecule has 7 atom stereocenters. The van der Waals surface area contributed by atoms with Gasteiger partial charge >= 0.3 is 0 Å². The summed E-state index contributed by atoms with van der Waals surface area (Å²) in [5.41, 5.74) is 3.21. The number of anilines is 1. The molecule has 58 heavy (non-hydrogen) atoms. The van der Waals surface area contributed by atoms with Gasteiger partial charge in [0.25, 0.3) is 11.8 Å². The lowest BCUT2D eigenvalue weighted by Crippen LogP contribution is -2.49. The lowest BCUT2D eigenvalue weighted by molar-refractivity contribution is 0.0126. The molecule has 1 unspecified atom stereocenters. The summed E-state index contributed by atoms with van der Waals surface area (Å²) in [6.45, 7) is 3.68. The number of aryl methyl sites for hydroxylation is 2. The van der Waals surface area contributed by atoms with Crippen molar-refractivity contribution in [1.29, 1.82) is 0 Å². The molecule has 13 nitrogen and oxygen atoms in total. The van der Waals surface area contributed by atoms with Crippen LogP contribution in [0.25, 0.3) is 0 Å². The quantitative estimate of drug-likeness (QED) is 0.211. The second-order valence-corrected chi connectivity index (χ2v) is 18.4. The van der Waals surface area contributed by atoms with E-state index in [2.05, 4.69) is 36.2 Å². The van der Waals surface area contributed by atoms with Gasteiger partial charge < -0.3 is 23.8 Å². The first-order valence-electron chi connectivity index (χ1n) is 19.7. The highest BCUT2D eigenvalue weighted by molar-refractivity contribution is 7.92. The molecular weight excluding hydrogens is 780 g/mol. The van der Waals surface area contributed by atoms with Crippen LogP contribution in [-0.4, -0.2) is 82.7 Å². The van der Waals surface area contributed by atoms with Crippen LogP contribution in [0.2, 0.25) is 5.02 Å². The fraction of sp³-hybridized carbons (Fsp3) is 0.442. The number of methoxy groups -OCH3 is 2. The number of nitrogens with zero attached hydrogens (tertiary/aromatic N) is 5. The Bertz CT molecular complexity index is 2350. The Labute approximate surface area is 344 Å². The third-order valence-corrected chi connectivity index (χ3v) is 14.2. The number of benzene rings is 2. The molecule has 15 heteroatoms. The van der Waals surface area contributed by atoms with Crippen molar-refractivity contribution in [3.05, 3.63) is 106 Å². The monoisotopic (exact) mass is 828 g/mol. The summed E-state index contributed by atoms with van der Waals surface area (Å²) in [6.07, 6.45) is 11.0. The minimum Gasteiger partial charge on any atom is -0.490 e. The molecule has 1 saturated carbocycles. The highest BCUT2D eigenvalue weighted by Gasteiger charge is 2.44. The Kier molecular flexibility index (Phi) is 11.3. The molecule has 0 radical (unpaired) electrons. The predicted molar refractivity (Wildman–Crippen MR) is 221 cm³/mol. The summed E-state index contributed by atoms with van der Waals surface area (Å²) in [5.74, 6) is -0.686. The van der Waals surface area contributed by atoms with Crippen LogP contribution in [-0.2, 0) is 33.5 Å². The Morgan fingerprint density at radius 2 is 1.93 bits per heavy atom. The number of hydrogen-bond acceptors (Lipinski definition) is 10. The number of pyridine rings is 1. The lowest BCUT2D eigenvalue weighted by Gasteiger charge is -2.46. The Morgan fingerprint density at radius 1 is 1.09 bits per heavy atom. The van der Waals surface area contributed by atoms with Gasteiger partial charge in [-0.05, 0) is 97.5 Å². The minimum atomic E-state index is -3.82. The molecule has 8 rings (SSSR count). The van der Waals surface area contributed by atoms with Gasteiger partial charge in [-0.3, -0.25) is 19.0 Å². The number of carbonyl (C=O) groups is 2. The van der Waals surface area contributed by atoms with Crippen LogP contribution in [0.5, 0.6) is 17.5 Å². The van der Waals surface area contributed by atoms with Gasteiger partial charge in [-0.15, -0.1) is 9.46 Å². The van der Waals surface area contributed by atoms with Crippen molar-refractivity contribution in [3.63, 3.8) is 0 Å². The summed E-state index contributed by atoms with van der Waals surface area (Å²) < 4.78 is 48.1. The van der Waals surface area contributed by atoms with Crippen molar-refractivity contribution < 1.29 is 32.7 Å². The van der Waals surface area contributed by atoms with E-state index in [0.717, 1.165) is 42.8 Å². The molecule has 1 N–H and O–H groups in total. The maximum atomic E-state index is 15.1. The molecule has 0 saturated heterocycles. The smallest absolute Gasteiger partial charge is 0.286 e. The first kappa shape index (κ1) is 39.9. The maximum absolute atomic E-state index is 15.1. The van der Waals surface area contributed by atoms with Gasteiger partial charge in [0.1, 0.15) is 27.3 Å². The average molecular weight is 829 g/mol. The van der Waals surface area contributed by atoms with Crippen molar-refractivity contribution in [2.24, 2.45) is 29.2 Å². The number of carbonyl (C=O) groups excluding carboxylic acids is 2. The first-order chi connectivity index (χ1) is 28.0. The van der Waals surface area contributed by atoms with E-state index in [4.69, 9.17) is 30.5 Å². The highest BCUT2D eigenvalue weighted by Crippen LogP contribution is 2.47. The molecule has 4 heterocycles. The second kappa shape index (κ2) is 16.4. The third kappa shape index (κ3) is 8.06. The van der Waals surface area contributed by atoms with Crippen LogP contribution in [0.3, 0.4) is 0 Å². The van der Waals surface area contributed by atoms with Crippen LogP contribution < -0.4 is 23.8 Å². The molecule has 306 valence electrons. The minimum absolute atomic E-state index is 0.0436. The average Bonchev–Trinajstić information content (AvgIpc) is 3.52. The maximum Gasteiger partial charge on any atom is 0.286 e. The van der Waals surface area contributed by atoms with Crippen LogP contribution in [0.15, 0.2) is 83.5 Å². The van der Waals surface area contributed by atoms with E-state index in [-0.39, 0.29) is 46.1 Å². The van der Waals surface area contributed by atoms with E-state index < -0.39 is 33.8 Å². The van der Waals surface area contributed by atoms with Gasteiger partial charge in [0, 0.05) is 67.6 Å². The Hall–Kier alpha value is -4.92. The largest absolute Gasteiger partial charge is 0.490 e. The van der Waals surface area contributed by atoms with Crippen LogP contribution >= 0.6 is 11.6 Å². The van der Waals surface area contributed by atoms with Crippen molar-refractivity contribution in [3.8, 4) is 17.5 Å². The van der Waals surface area contributed by atoms with E-state index in [1.165, 1.54) is 29.1 Å². The zero-order valence-corrected chi connectivity index (χ0v) is 34.7. The predicted octanol–water partition coefficient (Wildman–Crippen LogP) is 6.60. The number of rotatable bonds is 6. The molecule has 2 bridgehead atoms. The SMILES string of the molecule is COc1nn(C)cc1C(=O)NS1(=O)=NC(=O)c2ccc3c(c2)N(C[C@@H]2CC[C@H]2[C@@H](OC)/C=C\[C@H](Oc2ccccn2)[C@H](C)C1)C[C@@]1(CCCc2cc(Cl)ccc21)CO3. The van der Waals surface area contributed by atoms with Crippen molar-refractivity contribution in [2.75, 3.05) is 44.6 Å². The van der Waals surface area contributed by atoms with Crippen LogP contribution in [0.4, 0.5) is 5.69 Å². The molecule has 1 spiro atoms. The molecule has 2 aromatic carbocycles. The van der Waals surface area contributed by atoms with E-state index >= 15 is 4.21 Å². The Morgan fingerprint density at radius 3 is 2.69 bits per heavy atom. The molecule has 2 amide bonds. The fourth-order valence-corrected chi connectivity index (χ4v) is 11.1. The van der Waals surface area contributed by atoms with E-state index in [9.17, 15) is 9.59 Å². The van der Waals surface area contributed by atoms with Gasteiger partial charge in [-0.2, -0.15) is 0 Å². The van der Waals surface area contributed by atoms with Gasteiger partial charge in [0.15, 0.2) is 0 Å². The van der Waals surface area contributed by atoms with Gasteiger partial charge in [-0.1, -0.05) is 36.7 Å². The topological polar surface area (TPSA) is 146 Å². The standard InChI is InChI=1S/C43H49ClN6O7S/c1-27-24-58(53,48-41(52)33-23-49(2)46-42(33)55-4)47-40(51)29-11-15-38-35(21-29)50(25-43(26-56-38)18-7-8-28-20-31(44)12-14-34(28)43)22-30-10-13-32(30)37(54-3)17-16-36(27)57-39-9-5-6-19-45-39/h5-6,9,11-12,14-17,19-21,23,27,30,32,36-37H,7-8,10,13,18,22,24-26H2,1-4H3,(H,47,48,51,52,53)/b17-16-/t27-,30+,32-,36+,37+,43+,58?/m1/s1. The van der Waals surface area contributed by atoms with Crippen molar-refractivity contribution >= 4 is 39.0 Å². The van der Waals surface area contributed by atoms with Gasteiger partial charge in [0.2, 0.25) is 11.8 Å². The second-order valence-electron chi connectivity index (χ2n) is 16.0.